The Morgan fingerprint density at radius 2 is 1.68 bits per heavy atom. The van der Waals surface area contributed by atoms with Crippen LogP contribution in [0.15, 0.2) is 77.7 Å². The number of benzene rings is 3. The first kappa shape index (κ1) is 23.4. The van der Waals surface area contributed by atoms with Crippen molar-refractivity contribution in [2.45, 2.75) is 26.3 Å². The SMILES string of the molecule is CC(C)c1ccc(NC(=O)Cn2cc(C(=O)c3ccc(F)cc3)c(=O)c3cc(Cl)ccc32)cc1. The van der Waals surface area contributed by atoms with Crippen LogP contribution in [0.2, 0.25) is 5.02 Å². The fourth-order valence-corrected chi connectivity index (χ4v) is 3.90. The van der Waals surface area contributed by atoms with Gasteiger partial charge in [-0.2, -0.15) is 0 Å². The van der Waals surface area contributed by atoms with E-state index < -0.39 is 17.0 Å². The van der Waals surface area contributed by atoms with E-state index in [9.17, 15) is 18.8 Å². The Morgan fingerprint density at radius 1 is 1.00 bits per heavy atom. The van der Waals surface area contributed by atoms with Crippen LogP contribution in [0.1, 0.15) is 41.3 Å². The van der Waals surface area contributed by atoms with Gasteiger partial charge in [0, 0.05) is 27.9 Å². The first-order valence-corrected chi connectivity index (χ1v) is 11.1. The quantitative estimate of drug-likeness (QED) is 0.358. The van der Waals surface area contributed by atoms with Crippen molar-refractivity contribution in [2.75, 3.05) is 5.32 Å². The lowest BCUT2D eigenvalue weighted by Gasteiger charge is -2.14. The van der Waals surface area contributed by atoms with Gasteiger partial charge in [-0.1, -0.05) is 37.6 Å². The van der Waals surface area contributed by atoms with Crippen molar-refractivity contribution in [3.63, 3.8) is 0 Å². The van der Waals surface area contributed by atoms with Gasteiger partial charge in [-0.3, -0.25) is 14.4 Å². The highest BCUT2D eigenvalue weighted by Crippen LogP contribution is 2.20. The third kappa shape index (κ3) is 4.92. The molecule has 0 fully saturated rings. The second kappa shape index (κ2) is 9.61. The minimum Gasteiger partial charge on any atom is -0.337 e. The summed E-state index contributed by atoms with van der Waals surface area (Å²) in [6.07, 6.45) is 1.37. The molecule has 0 bridgehead atoms. The number of fused-ring (bicyclic) bond motifs is 1. The number of carbonyl (C=O) groups is 2. The van der Waals surface area contributed by atoms with Crippen LogP contribution in [0, 0.1) is 5.82 Å². The van der Waals surface area contributed by atoms with Crippen LogP contribution in [-0.2, 0) is 11.3 Å². The van der Waals surface area contributed by atoms with Gasteiger partial charge in [0.2, 0.25) is 11.3 Å². The third-order valence-corrected chi connectivity index (χ3v) is 5.80. The van der Waals surface area contributed by atoms with Crippen LogP contribution in [0.3, 0.4) is 0 Å². The number of aromatic nitrogens is 1. The largest absolute Gasteiger partial charge is 0.337 e. The molecule has 172 valence electrons. The molecule has 0 unspecified atom stereocenters. The fraction of sp³-hybridized carbons (Fsp3) is 0.148. The number of rotatable bonds is 6. The van der Waals surface area contributed by atoms with E-state index >= 15 is 0 Å². The molecule has 0 spiro atoms. The summed E-state index contributed by atoms with van der Waals surface area (Å²) in [5, 5.41) is 3.39. The fourth-order valence-electron chi connectivity index (χ4n) is 3.73. The summed E-state index contributed by atoms with van der Waals surface area (Å²) in [5.74, 6) is -0.999. The zero-order valence-electron chi connectivity index (χ0n) is 18.6. The number of amides is 1. The van der Waals surface area contributed by atoms with E-state index in [2.05, 4.69) is 19.2 Å². The highest BCUT2D eigenvalue weighted by molar-refractivity contribution is 6.31. The maximum Gasteiger partial charge on any atom is 0.244 e. The molecule has 4 rings (SSSR count). The minimum absolute atomic E-state index is 0.129. The molecule has 1 amide bonds. The predicted octanol–water partition coefficient (Wildman–Crippen LogP) is 5.79. The zero-order valence-corrected chi connectivity index (χ0v) is 19.4. The molecule has 0 aliphatic carbocycles. The number of carbonyl (C=O) groups excluding carboxylic acids is 2. The topological polar surface area (TPSA) is 68.2 Å². The number of ketones is 1. The Kier molecular flexibility index (Phi) is 6.61. The number of halogens is 2. The molecule has 1 N–H and O–H groups in total. The standard InChI is InChI=1S/C27H22ClFN2O3/c1-16(2)17-5-10-21(11-6-17)30-25(32)15-31-14-23(26(33)18-3-8-20(29)9-4-18)27(34)22-13-19(28)7-12-24(22)31/h3-14,16H,15H2,1-2H3,(H,30,32). The van der Waals surface area contributed by atoms with E-state index in [1.54, 1.807) is 16.7 Å². The number of hydrogen-bond donors (Lipinski definition) is 1. The average Bonchev–Trinajstić information content (AvgIpc) is 2.81. The lowest BCUT2D eigenvalue weighted by atomic mass is 10.0. The summed E-state index contributed by atoms with van der Waals surface area (Å²) in [5.41, 5.74) is 1.80. The monoisotopic (exact) mass is 476 g/mol. The van der Waals surface area contributed by atoms with Gasteiger partial charge < -0.3 is 9.88 Å². The molecule has 1 aromatic heterocycles. The maximum absolute atomic E-state index is 13.3. The van der Waals surface area contributed by atoms with Gasteiger partial charge in [0.15, 0.2) is 5.78 Å². The molecular formula is C27H22ClFN2O3. The minimum atomic E-state index is -0.565. The van der Waals surface area contributed by atoms with E-state index in [0.717, 1.165) is 17.7 Å². The van der Waals surface area contributed by atoms with E-state index in [0.29, 0.717) is 22.1 Å². The van der Waals surface area contributed by atoms with Crippen molar-refractivity contribution < 1.29 is 14.0 Å². The molecular weight excluding hydrogens is 455 g/mol. The molecule has 0 aliphatic heterocycles. The van der Waals surface area contributed by atoms with Crippen molar-refractivity contribution in [3.8, 4) is 0 Å². The maximum atomic E-state index is 13.3. The van der Waals surface area contributed by atoms with Crippen molar-refractivity contribution >= 4 is 39.9 Å². The van der Waals surface area contributed by atoms with Crippen molar-refractivity contribution in [3.05, 3.63) is 111 Å². The summed E-state index contributed by atoms with van der Waals surface area (Å²) in [6.45, 7) is 4.05. The van der Waals surface area contributed by atoms with Crippen LogP contribution in [0.5, 0.6) is 0 Å². The Bertz CT molecular complexity index is 1440. The number of nitrogens with zero attached hydrogens (tertiary/aromatic N) is 1. The lowest BCUT2D eigenvalue weighted by Crippen LogP contribution is -2.24. The Labute approximate surface area is 200 Å². The number of pyridine rings is 1. The van der Waals surface area contributed by atoms with Gasteiger partial charge in [0.25, 0.3) is 0 Å². The normalized spacial score (nSPS) is 11.1. The van der Waals surface area contributed by atoms with Gasteiger partial charge >= 0.3 is 0 Å². The average molecular weight is 477 g/mol. The van der Waals surface area contributed by atoms with Gasteiger partial charge in [-0.05, 0) is 66.1 Å². The van der Waals surface area contributed by atoms with Crippen molar-refractivity contribution in [1.29, 1.82) is 0 Å². The molecule has 3 aromatic carbocycles. The van der Waals surface area contributed by atoms with E-state index in [1.807, 2.05) is 24.3 Å². The van der Waals surface area contributed by atoms with E-state index in [-0.39, 0.29) is 29.0 Å². The van der Waals surface area contributed by atoms with Crippen LogP contribution in [0.25, 0.3) is 10.9 Å². The molecule has 0 atom stereocenters. The zero-order chi connectivity index (χ0) is 24.4. The summed E-state index contributed by atoms with van der Waals surface area (Å²) >= 11 is 6.10. The smallest absolute Gasteiger partial charge is 0.244 e. The van der Waals surface area contributed by atoms with Crippen LogP contribution < -0.4 is 10.7 Å². The number of nitrogens with one attached hydrogen (secondary N) is 1. The molecule has 1 heterocycles. The van der Waals surface area contributed by atoms with Crippen LogP contribution in [-0.4, -0.2) is 16.3 Å². The van der Waals surface area contributed by atoms with Gasteiger partial charge in [0.1, 0.15) is 12.4 Å². The van der Waals surface area contributed by atoms with Crippen LogP contribution in [0.4, 0.5) is 10.1 Å². The highest BCUT2D eigenvalue weighted by Gasteiger charge is 2.19. The predicted molar refractivity (Wildman–Crippen MR) is 132 cm³/mol. The first-order valence-electron chi connectivity index (χ1n) is 10.8. The molecule has 0 radical (unpaired) electrons. The van der Waals surface area contributed by atoms with Gasteiger partial charge in [0.05, 0.1) is 11.1 Å². The molecule has 0 saturated carbocycles. The first-order chi connectivity index (χ1) is 16.2. The Balaban J connectivity index is 1.70. The molecule has 5 nitrogen and oxygen atoms in total. The number of anilines is 1. The van der Waals surface area contributed by atoms with Crippen molar-refractivity contribution in [1.82, 2.24) is 4.57 Å². The molecule has 7 heteroatoms. The van der Waals surface area contributed by atoms with Crippen molar-refractivity contribution in [2.24, 2.45) is 0 Å². The summed E-state index contributed by atoms with van der Waals surface area (Å²) in [4.78, 5) is 39.0. The molecule has 34 heavy (non-hydrogen) atoms. The molecule has 4 aromatic rings. The third-order valence-electron chi connectivity index (χ3n) is 5.57. The van der Waals surface area contributed by atoms with Gasteiger partial charge in [-0.15, -0.1) is 0 Å². The Hall–Kier alpha value is -3.77. The number of hydrogen-bond acceptors (Lipinski definition) is 3. The summed E-state index contributed by atoms with van der Waals surface area (Å²) in [6, 6.07) is 17.2. The highest BCUT2D eigenvalue weighted by atomic mass is 35.5. The summed E-state index contributed by atoms with van der Waals surface area (Å²) in [7, 11) is 0. The summed E-state index contributed by atoms with van der Waals surface area (Å²) < 4.78 is 14.8. The second-order valence-electron chi connectivity index (χ2n) is 8.32. The second-order valence-corrected chi connectivity index (χ2v) is 8.76. The van der Waals surface area contributed by atoms with E-state index in [4.69, 9.17) is 11.6 Å². The van der Waals surface area contributed by atoms with Gasteiger partial charge in [-0.25, -0.2) is 4.39 Å². The molecule has 0 aliphatic rings. The lowest BCUT2D eigenvalue weighted by molar-refractivity contribution is -0.116. The Morgan fingerprint density at radius 3 is 2.32 bits per heavy atom. The van der Waals surface area contributed by atoms with Crippen LogP contribution >= 0.6 is 11.6 Å². The van der Waals surface area contributed by atoms with E-state index in [1.165, 1.54) is 24.4 Å². The molecule has 0 saturated heterocycles.